The van der Waals surface area contributed by atoms with Gasteiger partial charge in [0.2, 0.25) is 0 Å². The zero-order chi connectivity index (χ0) is 13.1. The summed E-state index contributed by atoms with van der Waals surface area (Å²) < 4.78 is 0. The van der Waals surface area contributed by atoms with Gasteiger partial charge in [0.25, 0.3) is 0 Å². The summed E-state index contributed by atoms with van der Waals surface area (Å²) >= 11 is 13.4. The maximum atomic E-state index is 6.08. The molecular weight excluding hydrogens is 291 g/mol. The van der Waals surface area contributed by atoms with Crippen molar-refractivity contribution < 1.29 is 0 Å². The Morgan fingerprint density at radius 3 is 2.78 bits per heavy atom. The first kappa shape index (κ1) is 13.3. The Bertz CT molecular complexity index is 577. The molecule has 0 radical (unpaired) electrons. The van der Waals surface area contributed by atoms with Crippen LogP contribution in [0, 0.1) is 0 Å². The van der Waals surface area contributed by atoms with Crippen LogP contribution >= 0.6 is 35.0 Å². The van der Waals surface area contributed by atoms with E-state index in [1.807, 2.05) is 12.3 Å². The number of hydrogen-bond acceptors (Lipinski definition) is 5. The molecule has 1 aromatic heterocycles. The highest BCUT2D eigenvalue weighted by atomic mass is 35.5. The quantitative estimate of drug-likeness (QED) is 0.666. The third kappa shape index (κ3) is 2.98. The number of nitrogens with one attached hydrogen (secondary N) is 1. The van der Waals surface area contributed by atoms with Gasteiger partial charge in [-0.3, -0.25) is 0 Å². The standard InChI is InChI=1S/C11H10Cl2N4S/c1-18-11-16-8(14)5-9(17-11)15-7-4-2-3-6(12)10(7)13/h2-5H,1H3,(H3,14,15,16,17). The zero-order valence-corrected chi connectivity index (χ0v) is 11.8. The van der Waals surface area contributed by atoms with E-state index in [2.05, 4.69) is 15.3 Å². The highest BCUT2D eigenvalue weighted by molar-refractivity contribution is 7.98. The number of hydrogen-bond donors (Lipinski definition) is 2. The third-order valence-corrected chi connectivity index (χ3v) is 3.49. The monoisotopic (exact) mass is 300 g/mol. The summed E-state index contributed by atoms with van der Waals surface area (Å²) in [5, 5.41) is 4.59. The predicted molar refractivity (Wildman–Crippen MR) is 78.0 cm³/mol. The lowest BCUT2D eigenvalue weighted by molar-refractivity contribution is 0.984. The maximum Gasteiger partial charge on any atom is 0.191 e. The minimum absolute atomic E-state index is 0.398. The summed E-state index contributed by atoms with van der Waals surface area (Å²) in [6, 6.07) is 6.97. The molecule has 0 unspecified atom stereocenters. The van der Waals surface area contributed by atoms with Crippen LogP contribution in [0.5, 0.6) is 0 Å². The minimum Gasteiger partial charge on any atom is -0.383 e. The molecular formula is C11H10Cl2N4S. The number of thioether (sulfide) groups is 1. The van der Waals surface area contributed by atoms with Crippen LogP contribution in [-0.2, 0) is 0 Å². The maximum absolute atomic E-state index is 6.08. The van der Waals surface area contributed by atoms with Crippen LogP contribution in [0.1, 0.15) is 0 Å². The van der Waals surface area contributed by atoms with Gasteiger partial charge in [0.1, 0.15) is 11.6 Å². The second-order valence-electron chi connectivity index (χ2n) is 3.39. The van der Waals surface area contributed by atoms with Crippen molar-refractivity contribution in [2.24, 2.45) is 0 Å². The second-order valence-corrected chi connectivity index (χ2v) is 4.95. The summed E-state index contributed by atoms with van der Waals surface area (Å²) in [5.41, 5.74) is 6.37. The van der Waals surface area contributed by atoms with E-state index < -0.39 is 0 Å². The molecule has 0 fully saturated rings. The SMILES string of the molecule is CSc1nc(N)cc(Nc2cccc(Cl)c2Cl)n1. The van der Waals surface area contributed by atoms with Crippen molar-refractivity contribution >= 4 is 52.3 Å². The summed E-state index contributed by atoms with van der Waals surface area (Å²) in [7, 11) is 0. The average molecular weight is 301 g/mol. The van der Waals surface area contributed by atoms with Crippen molar-refractivity contribution in [2.75, 3.05) is 17.3 Å². The number of halogens is 2. The highest BCUT2D eigenvalue weighted by Gasteiger charge is 2.07. The zero-order valence-electron chi connectivity index (χ0n) is 9.45. The molecule has 94 valence electrons. The van der Waals surface area contributed by atoms with Gasteiger partial charge < -0.3 is 11.1 Å². The topological polar surface area (TPSA) is 63.8 Å². The highest BCUT2D eigenvalue weighted by Crippen LogP contribution is 2.31. The van der Waals surface area contributed by atoms with Crippen LogP contribution in [0.25, 0.3) is 0 Å². The van der Waals surface area contributed by atoms with E-state index in [1.54, 1.807) is 18.2 Å². The molecule has 0 bridgehead atoms. The first-order chi connectivity index (χ1) is 8.60. The molecule has 0 spiro atoms. The van der Waals surface area contributed by atoms with Gasteiger partial charge in [-0.05, 0) is 18.4 Å². The van der Waals surface area contributed by atoms with Crippen molar-refractivity contribution in [3.8, 4) is 0 Å². The number of rotatable bonds is 3. The Hall–Kier alpha value is -1.17. The lowest BCUT2D eigenvalue weighted by Crippen LogP contribution is -2.00. The summed E-state index contributed by atoms with van der Waals surface area (Å²) in [6.07, 6.45) is 1.88. The van der Waals surface area contributed by atoms with Crippen molar-refractivity contribution in [3.63, 3.8) is 0 Å². The van der Waals surface area contributed by atoms with Crippen LogP contribution in [0.4, 0.5) is 17.3 Å². The largest absolute Gasteiger partial charge is 0.383 e. The van der Waals surface area contributed by atoms with Gasteiger partial charge in [0, 0.05) is 6.07 Å². The van der Waals surface area contributed by atoms with Crippen molar-refractivity contribution in [3.05, 3.63) is 34.3 Å². The number of nitrogen functional groups attached to an aromatic ring is 1. The number of benzene rings is 1. The van der Waals surface area contributed by atoms with Crippen LogP contribution < -0.4 is 11.1 Å². The van der Waals surface area contributed by atoms with Gasteiger partial charge in [0.05, 0.1) is 15.7 Å². The van der Waals surface area contributed by atoms with E-state index in [0.29, 0.717) is 32.5 Å². The molecule has 0 atom stereocenters. The first-order valence-electron chi connectivity index (χ1n) is 4.99. The van der Waals surface area contributed by atoms with Crippen molar-refractivity contribution in [1.29, 1.82) is 0 Å². The molecule has 2 rings (SSSR count). The second kappa shape index (κ2) is 5.65. The molecule has 0 aliphatic carbocycles. The van der Waals surface area contributed by atoms with Crippen LogP contribution in [0.15, 0.2) is 29.4 Å². The Labute approximate surface area is 119 Å². The number of nitrogens with two attached hydrogens (primary N) is 1. The Balaban J connectivity index is 2.34. The molecule has 0 saturated carbocycles. The molecule has 1 heterocycles. The van der Waals surface area contributed by atoms with E-state index in [1.165, 1.54) is 11.8 Å². The molecule has 18 heavy (non-hydrogen) atoms. The molecule has 0 saturated heterocycles. The lowest BCUT2D eigenvalue weighted by atomic mass is 10.3. The molecule has 4 nitrogen and oxygen atoms in total. The molecule has 1 aromatic carbocycles. The van der Waals surface area contributed by atoms with Gasteiger partial charge in [-0.15, -0.1) is 0 Å². The van der Waals surface area contributed by atoms with Crippen LogP contribution in [0.3, 0.4) is 0 Å². The van der Waals surface area contributed by atoms with Gasteiger partial charge >= 0.3 is 0 Å². The summed E-state index contributed by atoms with van der Waals surface area (Å²) in [6.45, 7) is 0. The minimum atomic E-state index is 0.398. The number of anilines is 3. The lowest BCUT2D eigenvalue weighted by Gasteiger charge is -2.09. The van der Waals surface area contributed by atoms with Crippen molar-refractivity contribution in [2.45, 2.75) is 5.16 Å². The fourth-order valence-electron chi connectivity index (χ4n) is 1.34. The first-order valence-corrected chi connectivity index (χ1v) is 6.98. The molecule has 0 amide bonds. The molecule has 7 heteroatoms. The van der Waals surface area contributed by atoms with E-state index in [9.17, 15) is 0 Å². The van der Waals surface area contributed by atoms with E-state index >= 15 is 0 Å². The Morgan fingerprint density at radius 1 is 1.28 bits per heavy atom. The average Bonchev–Trinajstić information content (AvgIpc) is 2.34. The number of nitrogens with zero attached hydrogens (tertiary/aromatic N) is 2. The van der Waals surface area contributed by atoms with E-state index in [-0.39, 0.29) is 0 Å². The third-order valence-electron chi connectivity index (χ3n) is 2.12. The smallest absolute Gasteiger partial charge is 0.191 e. The molecule has 0 aliphatic heterocycles. The normalized spacial score (nSPS) is 10.4. The van der Waals surface area contributed by atoms with Crippen LogP contribution in [-0.4, -0.2) is 16.2 Å². The fraction of sp³-hybridized carbons (Fsp3) is 0.0909. The van der Waals surface area contributed by atoms with Gasteiger partial charge in [0.15, 0.2) is 5.16 Å². The predicted octanol–water partition coefficient (Wildman–Crippen LogP) is 3.83. The van der Waals surface area contributed by atoms with Gasteiger partial charge in [-0.1, -0.05) is 41.0 Å². The van der Waals surface area contributed by atoms with E-state index in [4.69, 9.17) is 28.9 Å². The Kier molecular flexibility index (Phi) is 4.16. The van der Waals surface area contributed by atoms with E-state index in [0.717, 1.165) is 0 Å². The van der Waals surface area contributed by atoms with Gasteiger partial charge in [-0.2, -0.15) is 0 Å². The molecule has 3 N–H and O–H groups in total. The number of aromatic nitrogens is 2. The molecule has 2 aromatic rings. The fourth-order valence-corrected chi connectivity index (χ4v) is 2.07. The van der Waals surface area contributed by atoms with Gasteiger partial charge in [-0.25, -0.2) is 9.97 Å². The van der Waals surface area contributed by atoms with Crippen LogP contribution in [0.2, 0.25) is 10.0 Å². The van der Waals surface area contributed by atoms with Crippen molar-refractivity contribution in [1.82, 2.24) is 9.97 Å². The Morgan fingerprint density at radius 2 is 2.06 bits per heavy atom. The molecule has 0 aliphatic rings. The summed E-state index contributed by atoms with van der Waals surface area (Å²) in [4.78, 5) is 8.34. The summed E-state index contributed by atoms with van der Waals surface area (Å²) in [5.74, 6) is 0.978.